The van der Waals surface area contributed by atoms with E-state index in [-0.39, 0.29) is 14.9 Å². The number of allylic oxidation sites excluding steroid dienone is 4. The molecular weight excluding hydrogens is 574 g/mol. The van der Waals surface area contributed by atoms with Crippen molar-refractivity contribution in [3.8, 4) is 11.1 Å². The average Bonchev–Trinajstić information content (AvgIpc) is 3.65. The standard InChI is InChI=1S/C19H22N.C13H10.C5H5.2CH3.Zr/c1-13(2)20(14(3)4)17-9-10-19-16(12-17)11-15-7-5-6-8-18(15)19;1-3-7-12(8-4-1)11-13-9-5-2-6-10-13;1-2-4-5-3-1;;;/h5-10,13-14H,11H2,1-4H3;1-10H;1-3H,4H2;2*1H3;/q-1;;3*-1;. The summed E-state index contributed by atoms with van der Waals surface area (Å²) < 4.78 is 1.42. The van der Waals surface area contributed by atoms with Crippen molar-refractivity contribution in [1.82, 2.24) is 0 Å². The van der Waals surface area contributed by atoms with Crippen LogP contribution in [-0.4, -0.2) is 15.3 Å². The van der Waals surface area contributed by atoms with Gasteiger partial charge in [-0.1, -0.05) is 41.1 Å². The van der Waals surface area contributed by atoms with Gasteiger partial charge >= 0.3 is 99.2 Å². The monoisotopic (exact) mass is 615 g/mol. The molecule has 6 rings (SSSR count). The van der Waals surface area contributed by atoms with E-state index >= 15 is 0 Å². The van der Waals surface area contributed by atoms with E-state index in [9.17, 15) is 0 Å². The summed E-state index contributed by atoms with van der Waals surface area (Å²) in [6.45, 7) is 8.98. The normalized spacial score (nSPS) is 11.6. The molecule has 0 unspecified atom stereocenters. The predicted molar refractivity (Wildman–Crippen MR) is 177 cm³/mol. The Morgan fingerprint density at radius 3 is 1.76 bits per heavy atom. The summed E-state index contributed by atoms with van der Waals surface area (Å²) in [5, 5.41) is 0. The van der Waals surface area contributed by atoms with E-state index in [4.69, 9.17) is 0 Å². The Kier molecular flexibility index (Phi) is 14.1. The molecule has 2 aliphatic rings. The third-order valence-electron chi connectivity index (χ3n) is 6.79. The molecule has 0 heterocycles. The van der Waals surface area contributed by atoms with Gasteiger partial charge in [0, 0.05) is 12.1 Å². The number of benzene rings is 4. The molecule has 0 saturated heterocycles. The molecule has 0 aliphatic heterocycles. The van der Waals surface area contributed by atoms with Crippen LogP contribution in [0.4, 0.5) is 5.69 Å². The van der Waals surface area contributed by atoms with Crippen molar-refractivity contribution in [2.24, 2.45) is 0 Å². The van der Waals surface area contributed by atoms with Crippen molar-refractivity contribution < 1.29 is 24.2 Å². The Morgan fingerprint density at radius 1 is 0.707 bits per heavy atom. The third-order valence-corrected chi connectivity index (χ3v) is 8.21. The maximum atomic E-state index is 3.66. The minimum absolute atomic E-state index is 0. The fourth-order valence-corrected chi connectivity index (χ4v) is 5.88. The first kappa shape index (κ1) is 34.1. The van der Waals surface area contributed by atoms with Crippen LogP contribution in [0, 0.1) is 27.0 Å². The number of fused-ring (bicyclic) bond motifs is 3. The molecule has 2 heteroatoms. The SMILES string of the molecule is CC(C)N(c1[c-]c2c(cc1)-c1ccccc1C2)C(C)C.[C-]1=CC=CC1.[CH3-].[CH3-].[Zr]=[C](c1ccccc1)c1ccccc1. The Hall–Kier alpha value is -3.09. The van der Waals surface area contributed by atoms with Gasteiger partial charge in [-0.25, -0.2) is 12.2 Å². The van der Waals surface area contributed by atoms with Gasteiger partial charge in [-0.3, -0.25) is 6.08 Å². The molecule has 41 heavy (non-hydrogen) atoms. The van der Waals surface area contributed by atoms with Crippen LogP contribution in [0.5, 0.6) is 0 Å². The van der Waals surface area contributed by atoms with Crippen molar-refractivity contribution in [2.45, 2.75) is 52.6 Å². The molecule has 0 N–H and O–H groups in total. The van der Waals surface area contributed by atoms with Crippen molar-refractivity contribution in [3.05, 3.63) is 165 Å². The molecule has 212 valence electrons. The zero-order valence-electron chi connectivity index (χ0n) is 25.5. The van der Waals surface area contributed by atoms with E-state index in [1.807, 2.05) is 12.2 Å². The Balaban J connectivity index is 0.000000244. The second-order valence-corrected chi connectivity index (χ2v) is 11.5. The second kappa shape index (κ2) is 17.0. The van der Waals surface area contributed by atoms with Crippen molar-refractivity contribution in [1.29, 1.82) is 0 Å². The fourth-order valence-electron chi connectivity index (χ4n) is 5.07. The van der Waals surface area contributed by atoms with Gasteiger partial charge in [0.1, 0.15) is 0 Å². The maximum absolute atomic E-state index is 3.66. The van der Waals surface area contributed by atoms with Crippen LogP contribution in [0.2, 0.25) is 0 Å². The first-order valence-corrected chi connectivity index (χ1v) is 15.0. The Morgan fingerprint density at radius 2 is 1.27 bits per heavy atom. The molecule has 4 aromatic rings. The third kappa shape index (κ3) is 9.21. The zero-order chi connectivity index (χ0) is 27.6. The van der Waals surface area contributed by atoms with E-state index in [1.165, 1.54) is 66.5 Å². The van der Waals surface area contributed by atoms with E-state index in [2.05, 4.69) is 148 Å². The number of hydrogen-bond donors (Lipinski definition) is 0. The molecule has 0 fully saturated rings. The second-order valence-electron chi connectivity index (χ2n) is 10.3. The van der Waals surface area contributed by atoms with Gasteiger partial charge in [-0.05, 0) is 34.1 Å². The van der Waals surface area contributed by atoms with Crippen LogP contribution in [0.25, 0.3) is 11.1 Å². The van der Waals surface area contributed by atoms with E-state index in [0.717, 1.165) is 12.8 Å². The van der Waals surface area contributed by atoms with Crippen LogP contribution in [-0.2, 0) is 30.7 Å². The summed E-state index contributed by atoms with van der Waals surface area (Å²) in [4.78, 5) is 2.43. The molecule has 0 saturated carbocycles. The Bertz CT molecular complexity index is 1360. The number of nitrogens with zero attached hydrogens (tertiary/aromatic N) is 1. The summed E-state index contributed by atoms with van der Waals surface area (Å²) >= 11 is 1.46. The molecule has 0 atom stereocenters. The summed E-state index contributed by atoms with van der Waals surface area (Å²) in [6.07, 6.45) is 11.0. The van der Waals surface area contributed by atoms with Gasteiger partial charge in [0.2, 0.25) is 0 Å². The van der Waals surface area contributed by atoms with Gasteiger partial charge in [-0.2, -0.15) is 18.2 Å². The van der Waals surface area contributed by atoms with Gasteiger partial charge in [-0.15, -0.1) is 23.6 Å². The van der Waals surface area contributed by atoms with Gasteiger partial charge in [0.15, 0.2) is 0 Å². The van der Waals surface area contributed by atoms with E-state index in [1.54, 1.807) is 0 Å². The van der Waals surface area contributed by atoms with Crippen molar-refractivity contribution in [2.75, 3.05) is 4.90 Å². The fraction of sp³-hybridized carbons (Fsp3) is 0.205. The molecule has 4 aromatic carbocycles. The van der Waals surface area contributed by atoms with Gasteiger partial charge < -0.3 is 19.8 Å². The molecule has 0 radical (unpaired) electrons. The Labute approximate surface area is 265 Å². The molecule has 1 nitrogen and oxygen atoms in total. The number of anilines is 1. The van der Waals surface area contributed by atoms with Crippen molar-refractivity contribution in [3.63, 3.8) is 0 Å². The molecule has 0 aromatic heterocycles. The molecule has 2 aliphatic carbocycles. The summed E-state index contributed by atoms with van der Waals surface area (Å²) in [5.74, 6) is 0. The van der Waals surface area contributed by atoms with Crippen LogP contribution in [0.15, 0.2) is 115 Å². The first-order chi connectivity index (χ1) is 19.0. The van der Waals surface area contributed by atoms with Crippen LogP contribution < -0.4 is 4.90 Å². The van der Waals surface area contributed by atoms with Crippen LogP contribution in [0.1, 0.15) is 56.4 Å². The molecular formula is C39H43NZr-4. The van der Waals surface area contributed by atoms with E-state index < -0.39 is 0 Å². The molecule has 0 spiro atoms. The predicted octanol–water partition coefficient (Wildman–Crippen LogP) is 9.69. The summed E-state index contributed by atoms with van der Waals surface area (Å²) in [5.41, 5.74) is 9.39. The van der Waals surface area contributed by atoms with Crippen molar-refractivity contribution >= 4 is 8.89 Å². The summed E-state index contributed by atoms with van der Waals surface area (Å²) in [6, 6.07) is 38.9. The quantitative estimate of drug-likeness (QED) is 0.178. The first-order valence-electron chi connectivity index (χ1n) is 13.8. The summed E-state index contributed by atoms with van der Waals surface area (Å²) in [7, 11) is 0. The topological polar surface area (TPSA) is 3.24 Å². The van der Waals surface area contributed by atoms with Gasteiger partial charge in [0.25, 0.3) is 0 Å². The molecule has 0 bridgehead atoms. The zero-order valence-corrected chi connectivity index (χ0v) is 27.9. The minimum atomic E-state index is 0. The number of hydrogen-bond acceptors (Lipinski definition) is 1. The van der Waals surface area contributed by atoms with Gasteiger partial charge in [0.05, 0.1) is 0 Å². The number of rotatable bonds is 5. The van der Waals surface area contributed by atoms with Crippen LogP contribution >= 0.6 is 0 Å². The van der Waals surface area contributed by atoms with E-state index in [0.29, 0.717) is 12.1 Å². The molecule has 0 amide bonds. The average molecular weight is 617 g/mol. The van der Waals surface area contributed by atoms with Crippen LogP contribution in [0.3, 0.4) is 0 Å².